The number of para-hydroxylation sites is 1. The van der Waals surface area contributed by atoms with Crippen LogP contribution in [0.4, 0.5) is 5.69 Å². The van der Waals surface area contributed by atoms with E-state index in [1.165, 1.54) is 12.8 Å². The standard InChI is InChI=1S/C19H19NO4/c21-19(16-9-4-10-17-18(16)23-12-22-17)20-13-5-3-8-15(11-13)24-14-6-1-2-7-14/h3-5,8-11,14H,1-2,6-7,12H2,(H,20,21). The second-order valence-corrected chi connectivity index (χ2v) is 6.05. The van der Waals surface area contributed by atoms with Crippen molar-refractivity contribution in [2.45, 2.75) is 31.8 Å². The lowest BCUT2D eigenvalue weighted by Gasteiger charge is -2.14. The number of benzene rings is 2. The Morgan fingerprint density at radius 1 is 1.08 bits per heavy atom. The first-order valence-electron chi connectivity index (χ1n) is 8.26. The zero-order chi connectivity index (χ0) is 16.4. The summed E-state index contributed by atoms with van der Waals surface area (Å²) in [6, 6.07) is 12.8. The lowest BCUT2D eigenvalue weighted by Crippen LogP contribution is -2.14. The highest BCUT2D eigenvalue weighted by Crippen LogP contribution is 2.35. The maximum absolute atomic E-state index is 12.5. The molecule has 0 unspecified atom stereocenters. The molecule has 0 spiro atoms. The van der Waals surface area contributed by atoms with Crippen LogP contribution < -0.4 is 19.5 Å². The summed E-state index contributed by atoms with van der Waals surface area (Å²) in [4.78, 5) is 12.5. The second kappa shape index (κ2) is 6.43. The van der Waals surface area contributed by atoms with Gasteiger partial charge in [0, 0.05) is 11.8 Å². The number of anilines is 1. The molecule has 1 saturated carbocycles. The van der Waals surface area contributed by atoms with Crippen molar-refractivity contribution in [2.24, 2.45) is 0 Å². The van der Waals surface area contributed by atoms with Crippen LogP contribution in [-0.2, 0) is 0 Å². The van der Waals surface area contributed by atoms with Gasteiger partial charge in [0.1, 0.15) is 5.75 Å². The molecule has 5 nitrogen and oxygen atoms in total. The summed E-state index contributed by atoms with van der Waals surface area (Å²) in [5, 5.41) is 2.90. The van der Waals surface area contributed by atoms with Crippen molar-refractivity contribution in [3.05, 3.63) is 48.0 Å². The SMILES string of the molecule is O=C(Nc1cccc(OC2CCCC2)c1)c1cccc2c1OCO2. The van der Waals surface area contributed by atoms with Crippen molar-refractivity contribution in [1.82, 2.24) is 0 Å². The molecule has 0 radical (unpaired) electrons. The number of hydrogen-bond acceptors (Lipinski definition) is 4. The van der Waals surface area contributed by atoms with Crippen molar-refractivity contribution >= 4 is 11.6 Å². The first kappa shape index (κ1) is 14.9. The van der Waals surface area contributed by atoms with Gasteiger partial charge >= 0.3 is 0 Å². The van der Waals surface area contributed by atoms with E-state index in [1.807, 2.05) is 24.3 Å². The molecule has 2 aliphatic rings. The zero-order valence-corrected chi connectivity index (χ0v) is 13.3. The van der Waals surface area contributed by atoms with Gasteiger partial charge in [-0.15, -0.1) is 0 Å². The third kappa shape index (κ3) is 3.02. The highest BCUT2D eigenvalue weighted by atomic mass is 16.7. The van der Waals surface area contributed by atoms with Crippen molar-refractivity contribution in [2.75, 3.05) is 12.1 Å². The molecule has 4 rings (SSSR count). The number of ether oxygens (including phenoxy) is 3. The van der Waals surface area contributed by atoms with Crippen molar-refractivity contribution < 1.29 is 19.0 Å². The number of fused-ring (bicyclic) bond motifs is 1. The Morgan fingerprint density at radius 3 is 2.79 bits per heavy atom. The van der Waals surface area contributed by atoms with Crippen LogP contribution in [0.25, 0.3) is 0 Å². The molecule has 1 aliphatic carbocycles. The third-order valence-electron chi connectivity index (χ3n) is 4.34. The van der Waals surface area contributed by atoms with Crippen LogP contribution in [0.2, 0.25) is 0 Å². The molecular formula is C19H19NO4. The Bertz CT molecular complexity index is 753. The lowest BCUT2D eigenvalue weighted by molar-refractivity contribution is 0.102. The van der Waals surface area contributed by atoms with Gasteiger partial charge in [0.05, 0.1) is 11.7 Å². The summed E-state index contributed by atoms with van der Waals surface area (Å²) in [7, 11) is 0. The maximum atomic E-state index is 12.5. The van der Waals surface area contributed by atoms with Crippen molar-refractivity contribution in [1.29, 1.82) is 0 Å². The fourth-order valence-electron chi connectivity index (χ4n) is 3.15. The van der Waals surface area contributed by atoms with E-state index < -0.39 is 0 Å². The summed E-state index contributed by atoms with van der Waals surface area (Å²) in [6.45, 7) is 0.143. The van der Waals surface area contributed by atoms with Crippen LogP contribution in [0.3, 0.4) is 0 Å². The molecular weight excluding hydrogens is 306 g/mol. The molecule has 0 saturated heterocycles. The number of amides is 1. The molecule has 0 bridgehead atoms. The molecule has 0 atom stereocenters. The Balaban J connectivity index is 1.49. The Hall–Kier alpha value is -2.69. The summed E-state index contributed by atoms with van der Waals surface area (Å²) in [6.07, 6.45) is 4.94. The molecule has 2 aromatic rings. The number of hydrogen-bond donors (Lipinski definition) is 1. The van der Waals surface area contributed by atoms with Gasteiger partial charge in [-0.05, 0) is 49.9 Å². The Kier molecular flexibility index (Phi) is 3.99. The average Bonchev–Trinajstić information content (AvgIpc) is 3.25. The highest BCUT2D eigenvalue weighted by Gasteiger charge is 2.22. The Labute approximate surface area is 140 Å². The van der Waals surface area contributed by atoms with E-state index in [1.54, 1.807) is 18.2 Å². The first-order chi connectivity index (χ1) is 11.8. The number of carbonyl (C=O) groups excluding carboxylic acids is 1. The van der Waals surface area contributed by atoms with E-state index in [0.29, 0.717) is 28.9 Å². The van der Waals surface area contributed by atoms with Crippen LogP contribution in [0, 0.1) is 0 Å². The fourth-order valence-corrected chi connectivity index (χ4v) is 3.15. The quantitative estimate of drug-likeness (QED) is 0.923. The van der Waals surface area contributed by atoms with Crippen LogP contribution in [0.5, 0.6) is 17.2 Å². The van der Waals surface area contributed by atoms with Gasteiger partial charge < -0.3 is 19.5 Å². The molecule has 124 valence electrons. The predicted octanol–water partition coefficient (Wildman–Crippen LogP) is 3.99. The van der Waals surface area contributed by atoms with Gasteiger partial charge in [-0.2, -0.15) is 0 Å². The topological polar surface area (TPSA) is 56.8 Å². The minimum Gasteiger partial charge on any atom is -0.490 e. The number of rotatable bonds is 4. The van der Waals surface area contributed by atoms with Gasteiger partial charge in [-0.3, -0.25) is 4.79 Å². The predicted molar refractivity (Wildman–Crippen MR) is 89.8 cm³/mol. The normalized spacial score (nSPS) is 16.2. The number of nitrogens with one attached hydrogen (secondary N) is 1. The molecule has 1 amide bonds. The number of carbonyl (C=O) groups is 1. The summed E-state index contributed by atoms with van der Waals surface area (Å²) in [5.41, 5.74) is 1.17. The highest BCUT2D eigenvalue weighted by molar-refractivity contribution is 6.06. The molecule has 1 heterocycles. The van der Waals surface area contributed by atoms with Crippen LogP contribution in [0.15, 0.2) is 42.5 Å². The van der Waals surface area contributed by atoms with E-state index >= 15 is 0 Å². The van der Waals surface area contributed by atoms with Gasteiger partial charge in [-0.25, -0.2) is 0 Å². The van der Waals surface area contributed by atoms with E-state index in [4.69, 9.17) is 14.2 Å². The Morgan fingerprint density at radius 2 is 1.92 bits per heavy atom. The molecule has 2 aromatic carbocycles. The molecule has 0 aromatic heterocycles. The lowest BCUT2D eigenvalue weighted by atomic mass is 10.1. The minimum absolute atomic E-state index is 0.143. The average molecular weight is 325 g/mol. The van der Waals surface area contributed by atoms with E-state index in [2.05, 4.69) is 5.32 Å². The van der Waals surface area contributed by atoms with E-state index in [-0.39, 0.29) is 12.7 Å². The summed E-state index contributed by atoms with van der Waals surface area (Å²) >= 11 is 0. The van der Waals surface area contributed by atoms with Crippen LogP contribution in [0.1, 0.15) is 36.0 Å². The molecule has 1 aliphatic heterocycles. The first-order valence-corrected chi connectivity index (χ1v) is 8.26. The van der Waals surface area contributed by atoms with Crippen molar-refractivity contribution in [3.8, 4) is 17.2 Å². The van der Waals surface area contributed by atoms with Gasteiger partial charge in [0.25, 0.3) is 5.91 Å². The zero-order valence-electron chi connectivity index (χ0n) is 13.3. The molecule has 24 heavy (non-hydrogen) atoms. The molecule has 1 fully saturated rings. The van der Waals surface area contributed by atoms with E-state index in [0.717, 1.165) is 18.6 Å². The van der Waals surface area contributed by atoms with E-state index in [9.17, 15) is 4.79 Å². The third-order valence-corrected chi connectivity index (χ3v) is 4.34. The van der Waals surface area contributed by atoms with Crippen molar-refractivity contribution in [3.63, 3.8) is 0 Å². The minimum atomic E-state index is -0.227. The van der Waals surface area contributed by atoms with Crippen LogP contribution in [-0.4, -0.2) is 18.8 Å². The monoisotopic (exact) mass is 325 g/mol. The second-order valence-electron chi connectivity index (χ2n) is 6.05. The molecule has 1 N–H and O–H groups in total. The van der Waals surface area contributed by atoms with Gasteiger partial charge in [-0.1, -0.05) is 12.1 Å². The summed E-state index contributed by atoms with van der Waals surface area (Å²) < 4.78 is 16.7. The largest absolute Gasteiger partial charge is 0.490 e. The maximum Gasteiger partial charge on any atom is 0.259 e. The van der Waals surface area contributed by atoms with Crippen LogP contribution >= 0.6 is 0 Å². The summed E-state index contributed by atoms with van der Waals surface area (Å²) in [5.74, 6) is 1.65. The van der Waals surface area contributed by atoms with Gasteiger partial charge in [0.15, 0.2) is 11.5 Å². The molecule has 5 heteroatoms. The fraction of sp³-hybridized carbons (Fsp3) is 0.316. The smallest absolute Gasteiger partial charge is 0.259 e. The van der Waals surface area contributed by atoms with Gasteiger partial charge in [0.2, 0.25) is 6.79 Å².